The molecule has 4 rings (SSSR count). The lowest BCUT2D eigenvalue weighted by molar-refractivity contribution is 0.0968. The molecule has 1 aliphatic carbocycles. The summed E-state index contributed by atoms with van der Waals surface area (Å²) in [5.41, 5.74) is 4.01. The molecule has 1 N–H and O–H groups in total. The van der Waals surface area contributed by atoms with Crippen molar-refractivity contribution in [2.45, 2.75) is 25.7 Å². The molecule has 2 aromatic heterocycles. The molecular formula is C14H12N2O2. The van der Waals surface area contributed by atoms with Gasteiger partial charge in [0.25, 0.3) is 11.5 Å². The Kier molecular flexibility index (Phi) is 1.77. The Morgan fingerprint density at radius 3 is 2.72 bits per heavy atom. The third-order valence-corrected chi connectivity index (χ3v) is 3.97. The highest BCUT2D eigenvalue weighted by atomic mass is 16.2. The maximum Gasteiger partial charge on any atom is 0.264 e. The van der Waals surface area contributed by atoms with Crippen LogP contribution in [0.15, 0.2) is 23.1 Å². The second kappa shape index (κ2) is 3.22. The van der Waals surface area contributed by atoms with Crippen LogP contribution < -0.4 is 5.56 Å². The number of nitrogens with zero attached hydrogens (tertiary/aromatic N) is 1. The molecule has 4 heteroatoms. The van der Waals surface area contributed by atoms with Crippen LogP contribution in [-0.2, 0) is 12.8 Å². The number of hydrogen-bond donors (Lipinski definition) is 1. The first-order chi connectivity index (χ1) is 8.77. The Balaban J connectivity index is 2.12. The van der Waals surface area contributed by atoms with Crippen LogP contribution >= 0.6 is 0 Å². The van der Waals surface area contributed by atoms with E-state index in [-0.39, 0.29) is 11.5 Å². The zero-order chi connectivity index (χ0) is 12.3. The van der Waals surface area contributed by atoms with Gasteiger partial charge >= 0.3 is 0 Å². The molecule has 0 saturated heterocycles. The van der Waals surface area contributed by atoms with Gasteiger partial charge < -0.3 is 4.98 Å². The van der Waals surface area contributed by atoms with E-state index in [2.05, 4.69) is 4.98 Å². The van der Waals surface area contributed by atoms with E-state index in [1.165, 1.54) is 0 Å². The summed E-state index contributed by atoms with van der Waals surface area (Å²) in [7, 11) is 0. The fraction of sp³-hybridized carbons (Fsp3) is 0.286. The summed E-state index contributed by atoms with van der Waals surface area (Å²) in [5, 5.41) is 0. The number of aromatic nitrogens is 2. The summed E-state index contributed by atoms with van der Waals surface area (Å²) in [6.45, 7) is 0. The van der Waals surface area contributed by atoms with E-state index in [4.69, 9.17) is 0 Å². The predicted octanol–water partition coefficient (Wildman–Crippen LogP) is 1.72. The van der Waals surface area contributed by atoms with E-state index < -0.39 is 0 Å². The number of aromatic amines is 1. The summed E-state index contributed by atoms with van der Waals surface area (Å²) in [6.07, 6.45) is 5.49. The van der Waals surface area contributed by atoms with Gasteiger partial charge in [-0.05, 0) is 43.4 Å². The maximum atomic E-state index is 12.4. The Morgan fingerprint density at radius 1 is 1.11 bits per heavy atom. The van der Waals surface area contributed by atoms with Gasteiger partial charge in [-0.1, -0.05) is 0 Å². The molecule has 2 aliphatic rings. The maximum absolute atomic E-state index is 12.4. The second-order valence-electron chi connectivity index (χ2n) is 4.94. The normalized spacial score (nSPS) is 16.3. The molecule has 4 nitrogen and oxygen atoms in total. The molecule has 2 aromatic rings. The van der Waals surface area contributed by atoms with E-state index in [0.29, 0.717) is 5.69 Å². The largest absolute Gasteiger partial charge is 0.320 e. The molecule has 0 saturated carbocycles. The van der Waals surface area contributed by atoms with Crippen molar-refractivity contribution in [3.8, 4) is 11.4 Å². The van der Waals surface area contributed by atoms with Crippen LogP contribution in [0.5, 0.6) is 0 Å². The number of nitrogens with one attached hydrogen (secondary N) is 1. The van der Waals surface area contributed by atoms with Gasteiger partial charge in [0, 0.05) is 11.8 Å². The Morgan fingerprint density at radius 2 is 1.89 bits per heavy atom. The van der Waals surface area contributed by atoms with E-state index in [1.807, 2.05) is 12.1 Å². The molecule has 0 amide bonds. The standard InChI is InChI=1S/C14H12N2O2/c17-13-9-5-2-1-4-8(9)11-12(15-13)10-6-3-7-16(10)14(11)18/h3,6-7H,1-2,4-5H2,(H,15,17). The lowest BCUT2D eigenvalue weighted by Crippen LogP contribution is -2.22. The minimum atomic E-state index is -0.0223. The molecule has 0 spiro atoms. The smallest absolute Gasteiger partial charge is 0.264 e. The van der Waals surface area contributed by atoms with Crippen molar-refractivity contribution >= 4 is 5.91 Å². The summed E-state index contributed by atoms with van der Waals surface area (Å²) in [6, 6.07) is 3.70. The molecule has 0 radical (unpaired) electrons. The first-order valence-electron chi connectivity index (χ1n) is 6.28. The van der Waals surface area contributed by atoms with E-state index in [9.17, 15) is 9.59 Å². The predicted molar refractivity (Wildman–Crippen MR) is 66.9 cm³/mol. The first-order valence-corrected chi connectivity index (χ1v) is 6.28. The summed E-state index contributed by atoms with van der Waals surface area (Å²) >= 11 is 0. The molecule has 0 unspecified atom stereocenters. The van der Waals surface area contributed by atoms with Crippen molar-refractivity contribution in [2.75, 3.05) is 0 Å². The lowest BCUT2D eigenvalue weighted by Gasteiger charge is -2.17. The van der Waals surface area contributed by atoms with Crippen LogP contribution in [-0.4, -0.2) is 15.5 Å². The van der Waals surface area contributed by atoms with E-state index in [1.54, 1.807) is 10.8 Å². The monoisotopic (exact) mass is 240 g/mol. The topological polar surface area (TPSA) is 54.9 Å². The highest BCUT2D eigenvalue weighted by molar-refractivity contribution is 6.09. The van der Waals surface area contributed by atoms with Crippen LogP contribution in [0.25, 0.3) is 11.4 Å². The number of hydrogen-bond acceptors (Lipinski definition) is 2. The number of carbonyl (C=O) groups excluding carboxylic acids is 1. The molecule has 0 atom stereocenters. The SMILES string of the molecule is O=C1c2c([nH]c(=O)c3c2CCCC3)-c2cccn21. The third-order valence-electron chi connectivity index (χ3n) is 3.97. The van der Waals surface area contributed by atoms with Crippen LogP contribution in [0.2, 0.25) is 0 Å². The quantitative estimate of drug-likeness (QED) is 0.650. The molecule has 0 fully saturated rings. The minimum Gasteiger partial charge on any atom is -0.320 e. The van der Waals surface area contributed by atoms with Crippen molar-refractivity contribution in [1.82, 2.24) is 9.55 Å². The zero-order valence-electron chi connectivity index (χ0n) is 9.82. The zero-order valence-corrected chi connectivity index (χ0v) is 9.82. The van der Waals surface area contributed by atoms with Crippen molar-refractivity contribution in [1.29, 1.82) is 0 Å². The average molecular weight is 240 g/mol. The number of fused-ring (bicyclic) bond motifs is 5. The lowest BCUT2D eigenvalue weighted by atomic mass is 9.88. The fourth-order valence-corrected chi connectivity index (χ4v) is 3.14. The number of pyridine rings is 1. The van der Waals surface area contributed by atoms with Crippen LogP contribution in [0.3, 0.4) is 0 Å². The van der Waals surface area contributed by atoms with E-state index >= 15 is 0 Å². The van der Waals surface area contributed by atoms with Gasteiger partial charge in [0.15, 0.2) is 0 Å². The van der Waals surface area contributed by atoms with Crippen LogP contribution in [0.1, 0.15) is 34.3 Å². The number of carbonyl (C=O) groups is 1. The number of rotatable bonds is 0. The molecule has 3 heterocycles. The minimum absolute atomic E-state index is 0.000556. The van der Waals surface area contributed by atoms with Gasteiger partial charge in [0.2, 0.25) is 0 Å². The Bertz CT molecular complexity index is 737. The van der Waals surface area contributed by atoms with Gasteiger partial charge in [-0.25, -0.2) is 0 Å². The Hall–Kier alpha value is -2.10. The van der Waals surface area contributed by atoms with Crippen molar-refractivity contribution in [2.24, 2.45) is 0 Å². The van der Waals surface area contributed by atoms with Gasteiger partial charge in [-0.15, -0.1) is 0 Å². The van der Waals surface area contributed by atoms with Crippen LogP contribution in [0, 0.1) is 0 Å². The Labute approximate surface area is 103 Å². The highest BCUT2D eigenvalue weighted by Crippen LogP contribution is 2.34. The fourth-order valence-electron chi connectivity index (χ4n) is 3.14. The highest BCUT2D eigenvalue weighted by Gasteiger charge is 2.32. The van der Waals surface area contributed by atoms with Crippen molar-refractivity contribution in [3.05, 3.63) is 45.4 Å². The van der Waals surface area contributed by atoms with Gasteiger partial charge in [-0.2, -0.15) is 0 Å². The van der Waals surface area contributed by atoms with Gasteiger partial charge in [0.05, 0.1) is 17.0 Å². The average Bonchev–Trinajstić information content (AvgIpc) is 2.95. The number of H-pyrrole nitrogens is 1. The van der Waals surface area contributed by atoms with Crippen LogP contribution in [0.4, 0.5) is 0 Å². The van der Waals surface area contributed by atoms with Gasteiger partial charge in [-0.3, -0.25) is 14.2 Å². The second-order valence-corrected chi connectivity index (χ2v) is 4.94. The molecule has 1 aliphatic heterocycles. The first kappa shape index (κ1) is 9.88. The third kappa shape index (κ3) is 1.05. The van der Waals surface area contributed by atoms with Gasteiger partial charge in [0.1, 0.15) is 0 Å². The molecule has 90 valence electrons. The molecular weight excluding hydrogens is 228 g/mol. The molecule has 0 aromatic carbocycles. The van der Waals surface area contributed by atoms with Crippen molar-refractivity contribution in [3.63, 3.8) is 0 Å². The summed E-state index contributed by atoms with van der Waals surface area (Å²) in [4.78, 5) is 27.4. The van der Waals surface area contributed by atoms with Crippen molar-refractivity contribution < 1.29 is 4.79 Å². The van der Waals surface area contributed by atoms with E-state index in [0.717, 1.165) is 48.1 Å². The molecule has 18 heavy (non-hydrogen) atoms. The summed E-state index contributed by atoms with van der Waals surface area (Å²) < 4.78 is 1.62. The molecule has 0 bridgehead atoms. The summed E-state index contributed by atoms with van der Waals surface area (Å²) in [5.74, 6) is -0.000556.